The van der Waals surface area contributed by atoms with Gasteiger partial charge in [0.25, 0.3) is 0 Å². The van der Waals surface area contributed by atoms with E-state index < -0.39 is 6.10 Å². The Morgan fingerprint density at radius 3 is 2.38 bits per heavy atom. The molecule has 3 nitrogen and oxygen atoms in total. The zero-order valence-electron chi connectivity index (χ0n) is 7.61. The summed E-state index contributed by atoms with van der Waals surface area (Å²) in [6, 6.07) is 7.67. The maximum Gasteiger partial charge on any atom is 0.0665 e. The van der Waals surface area contributed by atoms with Gasteiger partial charge in [-0.2, -0.15) is 0 Å². The minimum Gasteiger partial charge on any atom is -0.399 e. The van der Waals surface area contributed by atoms with E-state index in [1.54, 1.807) is 0 Å². The van der Waals surface area contributed by atoms with Crippen LogP contribution < -0.4 is 11.5 Å². The van der Waals surface area contributed by atoms with Gasteiger partial charge >= 0.3 is 0 Å². The highest BCUT2D eigenvalue weighted by atomic mass is 16.3. The Morgan fingerprint density at radius 1 is 1.23 bits per heavy atom. The standard InChI is InChI=1S/C10H16N2O/c11-7-10(13)6-3-8-1-4-9(12)5-2-8/h1-2,4-5,10,13H,3,6-7,11-12H2. The largest absolute Gasteiger partial charge is 0.399 e. The van der Waals surface area contributed by atoms with Crippen molar-refractivity contribution in [3.05, 3.63) is 29.8 Å². The molecule has 0 aromatic heterocycles. The summed E-state index contributed by atoms with van der Waals surface area (Å²) in [5.41, 5.74) is 12.8. The van der Waals surface area contributed by atoms with Crippen LogP contribution in [0.3, 0.4) is 0 Å². The molecule has 0 amide bonds. The van der Waals surface area contributed by atoms with E-state index in [0.29, 0.717) is 13.0 Å². The molecule has 0 bridgehead atoms. The zero-order valence-corrected chi connectivity index (χ0v) is 7.61. The number of aliphatic hydroxyl groups excluding tert-OH is 1. The molecule has 0 heterocycles. The van der Waals surface area contributed by atoms with Crippen molar-refractivity contribution in [3.8, 4) is 0 Å². The summed E-state index contributed by atoms with van der Waals surface area (Å²) in [6.45, 7) is 0.328. The van der Waals surface area contributed by atoms with Crippen molar-refractivity contribution in [2.45, 2.75) is 18.9 Å². The van der Waals surface area contributed by atoms with Crippen LogP contribution in [-0.2, 0) is 6.42 Å². The third-order valence-electron chi connectivity index (χ3n) is 2.02. The molecule has 3 heteroatoms. The van der Waals surface area contributed by atoms with Crippen LogP contribution in [0.2, 0.25) is 0 Å². The van der Waals surface area contributed by atoms with Crippen molar-refractivity contribution in [3.63, 3.8) is 0 Å². The number of anilines is 1. The first kappa shape index (κ1) is 10.0. The van der Waals surface area contributed by atoms with Crippen molar-refractivity contribution >= 4 is 5.69 Å². The monoisotopic (exact) mass is 180 g/mol. The molecule has 0 aliphatic heterocycles. The number of nitrogen functional groups attached to an aromatic ring is 1. The van der Waals surface area contributed by atoms with Gasteiger partial charge in [0.15, 0.2) is 0 Å². The molecule has 0 radical (unpaired) electrons. The van der Waals surface area contributed by atoms with Crippen molar-refractivity contribution in [2.75, 3.05) is 12.3 Å². The first-order valence-corrected chi connectivity index (χ1v) is 4.45. The highest BCUT2D eigenvalue weighted by Gasteiger charge is 2.00. The van der Waals surface area contributed by atoms with Gasteiger partial charge in [0, 0.05) is 12.2 Å². The van der Waals surface area contributed by atoms with Crippen LogP contribution in [0.25, 0.3) is 0 Å². The van der Waals surface area contributed by atoms with Gasteiger partial charge in [-0.25, -0.2) is 0 Å². The molecule has 0 saturated carbocycles. The van der Waals surface area contributed by atoms with Gasteiger partial charge in [-0.05, 0) is 30.5 Å². The summed E-state index contributed by atoms with van der Waals surface area (Å²) in [4.78, 5) is 0. The van der Waals surface area contributed by atoms with Crippen LogP contribution in [0.1, 0.15) is 12.0 Å². The molecule has 0 spiro atoms. The molecular weight excluding hydrogens is 164 g/mol. The maximum atomic E-state index is 9.22. The fraction of sp³-hybridized carbons (Fsp3) is 0.400. The van der Waals surface area contributed by atoms with Crippen LogP contribution in [0.4, 0.5) is 5.69 Å². The molecule has 72 valence electrons. The number of aryl methyl sites for hydroxylation is 1. The lowest BCUT2D eigenvalue weighted by molar-refractivity contribution is 0.173. The highest BCUT2D eigenvalue weighted by Crippen LogP contribution is 2.08. The number of nitrogens with two attached hydrogens (primary N) is 2. The summed E-state index contributed by atoms with van der Waals surface area (Å²) in [7, 11) is 0. The van der Waals surface area contributed by atoms with Crippen molar-refractivity contribution in [1.82, 2.24) is 0 Å². The average molecular weight is 180 g/mol. The van der Waals surface area contributed by atoms with E-state index in [1.165, 1.54) is 5.56 Å². The minimum absolute atomic E-state index is 0.328. The Balaban J connectivity index is 2.41. The average Bonchev–Trinajstić information content (AvgIpc) is 2.16. The van der Waals surface area contributed by atoms with E-state index in [0.717, 1.165) is 12.1 Å². The Morgan fingerprint density at radius 2 is 1.85 bits per heavy atom. The smallest absolute Gasteiger partial charge is 0.0665 e. The summed E-state index contributed by atoms with van der Waals surface area (Å²) in [5, 5.41) is 9.22. The van der Waals surface area contributed by atoms with E-state index in [-0.39, 0.29) is 0 Å². The lowest BCUT2D eigenvalue weighted by Crippen LogP contribution is -2.20. The second-order valence-electron chi connectivity index (χ2n) is 3.17. The second kappa shape index (κ2) is 4.84. The molecule has 1 aromatic rings. The number of rotatable bonds is 4. The van der Waals surface area contributed by atoms with Gasteiger partial charge in [-0.1, -0.05) is 12.1 Å². The summed E-state index contributed by atoms with van der Waals surface area (Å²) in [6.07, 6.45) is 1.16. The second-order valence-corrected chi connectivity index (χ2v) is 3.17. The maximum absolute atomic E-state index is 9.22. The number of benzene rings is 1. The topological polar surface area (TPSA) is 72.3 Å². The van der Waals surface area contributed by atoms with Crippen LogP contribution in [0.15, 0.2) is 24.3 Å². The molecule has 0 saturated heterocycles. The Hall–Kier alpha value is -1.06. The lowest BCUT2D eigenvalue weighted by atomic mass is 10.1. The Bertz CT molecular complexity index is 246. The molecule has 0 fully saturated rings. The van der Waals surface area contributed by atoms with Crippen LogP contribution in [0.5, 0.6) is 0 Å². The Kier molecular flexibility index (Phi) is 3.73. The summed E-state index contributed by atoms with van der Waals surface area (Å²) >= 11 is 0. The van der Waals surface area contributed by atoms with Gasteiger partial charge in [-0.3, -0.25) is 0 Å². The summed E-state index contributed by atoms with van der Waals surface area (Å²) < 4.78 is 0. The van der Waals surface area contributed by atoms with Crippen LogP contribution >= 0.6 is 0 Å². The highest BCUT2D eigenvalue weighted by molar-refractivity contribution is 5.39. The van der Waals surface area contributed by atoms with Crippen LogP contribution in [-0.4, -0.2) is 17.8 Å². The molecular formula is C10H16N2O. The van der Waals surface area contributed by atoms with Gasteiger partial charge in [0.1, 0.15) is 0 Å². The predicted octanol–water partition coefficient (Wildman–Crippen LogP) is 0.521. The molecule has 0 aliphatic rings. The minimum atomic E-state index is -0.391. The SMILES string of the molecule is NCC(O)CCc1ccc(N)cc1. The van der Waals surface area contributed by atoms with Gasteiger partial charge in [-0.15, -0.1) is 0 Å². The number of hydrogen-bond donors (Lipinski definition) is 3. The molecule has 0 aliphatic carbocycles. The third-order valence-corrected chi connectivity index (χ3v) is 2.02. The number of hydrogen-bond acceptors (Lipinski definition) is 3. The molecule has 1 rings (SSSR count). The van der Waals surface area contributed by atoms with Gasteiger partial charge in [0.05, 0.1) is 6.10 Å². The first-order valence-electron chi connectivity index (χ1n) is 4.45. The molecule has 13 heavy (non-hydrogen) atoms. The van der Waals surface area contributed by atoms with E-state index in [2.05, 4.69) is 0 Å². The van der Waals surface area contributed by atoms with Crippen LogP contribution in [0, 0.1) is 0 Å². The molecule has 1 atom stereocenters. The number of aliphatic hydroxyl groups is 1. The van der Waals surface area contributed by atoms with Gasteiger partial charge < -0.3 is 16.6 Å². The molecule has 1 unspecified atom stereocenters. The van der Waals surface area contributed by atoms with Crippen molar-refractivity contribution in [2.24, 2.45) is 5.73 Å². The zero-order chi connectivity index (χ0) is 9.68. The third kappa shape index (κ3) is 3.44. The first-order chi connectivity index (χ1) is 6.22. The van der Waals surface area contributed by atoms with E-state index >= 15 is 0 Å². The summed E-state index contributed by atoms with van der Waals surface area (Å²) in [5.74, 6) is 0. The fourth-order valence-electron chi connectivity index (χ4n) is 1.14. The van der Waals surface area contributed by atoms with Gasteiger partial charge in [0.2, 0.25) is 0 Å². The Labute approximate surface area is 78.4 Å². The lowest BCUT2D eigenvalue weighted by Gasteiger charge is -2.06. The van der Waals surface area contributed by atoms with E-state index in [4.69, 9.17) is 11.5 Å². The van der Waals surface area contributed by atoms with E-state index in [9.17, 15) is 5.11 Å². The van der Waals surface area contributed by atoms with Crippen molar-refractivity contribution in [1.29, 1.82) is 0 Å². The predicted molar refractivity (Wildman–Crippen MR) is 54.2 cm³/mol. The normalized spacial score (nSPS) is 12.8. The van der Waals surface area contributed by atoms with E-state index in [1.807, 2.05) is 24.3 Å². The van der Waals surface area contributed by atoms with Crippen molar-refractivity contribution < 1.29 is 5.11 Å². The molecule has 5 N–H and O–H groups in total. The quantitative estimate of drug-likeness (QED) is 0.591. The fourth-order valence-corrected chi connectivity index (χ4v) is 1.14. The molecule has 1 aromatic carbocycles.